The van der Waals surface area contributed by atoms with E-state index in [1.807, 2.05) is 38.0 Å². The Hall–Kier alpha value is -2.52. The van der Waals surface area contributed by atoms with Crippen molar-refractivity contribution in [3.63, 3.8) is 0 Å². The van der Waals surface area contributed by atoms with E-state index in [2.05, 4.69) is 47.3 Å². The van der Waals surface area contributed by atoms with Gasteiger partial charge in [0, 0.05) is 77.0 Å². The third-order valence-electron chi connectivity index (χ3n) is 4.96. The summed E-state index contributed by atoms with van der Waals surface area (Å²) in [6, 6.07) is 6.47. The van der Waals surface area contributed by atoms with E-state index in [0.717, 1.165) is 60.4 Å². The molecule has 1 aromatic carbocycles. The molecule has 0 bridgehead atoms. The standard InChI is InChI=1S/C19H26N8S/c1-24(2)18-15-11-14(5-6-16(15)20-13-21-18)27-9-7-26(8-10-27)12-17-22-19(25(3)4)28-23-17/h5-6,11,13H,7-10,12H2,1-4H3. The van der Waals surface area contributed by atoms with Crippen LogP contribution in [0.4, 0.5) is 16.6 Å². The fourth-order valence-corrected chi connectivity index (χ4v) is 4.03. The second-order valence-corrected chi connectivity index (χ2v) is 8.17. The van der Waals surface area contributed by atoms with Gasteiger partial charge in [0.05, 0.1) is 12.1 Å². The fourth-order valence-electron chi connectivity index (χ4n) is 3.44. The first-order valence-electron chi connectivity index (χ1n) is 9.40. The van der Waals surface area contributed by atoms with Gasteiger partial charge in [-0.05, 0) is 18.2 Å². The summed E-state index contributed by atoms with van der Waals surface area (Å²) in [5.74, 6) is 1.87. The molecule has 3 heterocycles. The number of aromatic nitrogens is 4. The second kappa shape index (κ2) is 7.84. The molecule has 148 valence electrons. The summed E-state index contributed by atoms with van der Waals surface area (Å²) in [7, 11) is 8.03. The van der Waals surface area contributed by atoms with Crippen LogP contribution in [0.25, 0.3) is 10.9 Å². The Bertz CT molecular complexity index is 946. The van der Waals surface area contributed by atoms with Gasteiger partial charge in [-0.2, -0.15) is 4.37 Å². The van der Waals surface area contributed by atoms with E-state index in [9.17, 15) is 0 Å². The highest BCUT2D eigenvalue weighted by atomic mass is 32.1. The lowest BCUT2D eigenvalue weighted by Gasteiger charge is -2.35. The Morgan fingerprint density at radius 2 is 1.79 bits per heavy atom. The van der Waals surface area contributed by atoms with Gasteiger partial charge in [-0.25, -0.2) is 15.0 Å². The van der Waals surface area contributed by atoms with Gasteiger partial charge in [-0.3, -0.25) is 4.90 Å². The summed E-state index contributed by atoms with van der Waals surface area (Å²) < 4.78 is 4.48. The normalized spacial score (nSPS) is 15.2. The van der Waals surface area contributed by atoms with E-state index in [1.54, 1.807) is 6.33 Å². The smallest absolute Gasteiger partial charge is 0.204 e. The van der Waals surface area contributed by atoms with Gasteiger partial charge >= 0.3 is 0 Å². The van der Waals surface area contributed by atoms with E-state index in [1.165, 1.54) is 17.2 Å². The highest BCUT2D eigenvalue weighted by Gasteiger charge is 2.20. The predicted molar refractivity (Wildman–Crippen MR) is 116 cm³/mol. The van der Waals surface area contributed by atoms with Crippen LogP contribution in [0.5, 0.6) is 0 Å². The van der Waals surface area contributed by atoms with Crippen LogP contribution in [0.2, 0.25) is 0 Å². The van der Waals surface area contributed by atoms with Gasteiger partial charge in [0.25, 0.3) is 0 Å². The van der Waals surface area contributed by atoms with E-state index in [-0.39, 0.29) is 0 Å². The van der Waals surface area contributed by atoms with Crippen LogP contribution < -0.4 is 14.7 Å². The van der Waals surface area contributed by atoms with Crippen LogP contribution in [-0.2, 0) is 6.54 Å². The minimum absolute atomic E-state index is 0.814. The summed E-state index contributed by atoms with van der Waals surface area (Å²) in [6.45, 7) is 4.79. The Morgan fingerprint density at radius 1 is 1.00 bits per heavy atom. The van der Waals surface area contributed by atoms with Gasteiger partial charge in [0.2, 0.25) is 5.13 Å². The van der Waals surface area contributed by atoms with Crippen molar-refractivity contribution in [1.82, 2.24) is 24.2 Å². The van der Waals surface area contributed by atoms with Crippen molar-refractivity contribution in [3.05, 3.63) is 30.4 Å². The van der Waals surface area contributed by atoms with E-state index in [0.29, 0.717) is 0 Å². The quantitative estimate of drug-likeness (QED) is 0.646. The van der Waals surface area contributed by atoms with Crippen LogP contribution in [0.15, 0.2) is 24.5 Å². The van der Waals surface area contributed by atoms with Gasteiger partial charge in [0.15, 0.2) is 5.82 Å². The monoisotopic (exact) mass is 398 g/mol. The number of nitrogens with zero attached hydrogens (tertiary/aromatic N) is 8. The van der Waals surface area contributed by atoms with E-state index >= 15 is 0 Å². The van der Waals surface area contributed by atoms with Gasteiger partial charge < -0.3 is 14.7 Å². The first-order chi connectivity index (χ1) is 13.5. The fraction of sp³-hybridized carbons (Fsp3) is 0.474. The zero-order valence-electron chi connectivity index (χ0n) is 16.8. The van der Waals surface area contributed by atoms with Crippen molar-refractivity contribution in [2.45, 2.75) is 6.54 Å². The highest BCUT2D eigenvalue weighted by molar-refractivity contribution is 7.09. The molecule has 0 unspecified atom stereocenters. The zero-order chi connectivity index (χ0) is 19.7. The molecule has 0 N–H and O–H groups in total. The van der Waals surface area contributed by atoms with E-state index in [4.69, 9.17) is 0 Å². The molecule has 0 atom stereocenters. The van der Waals surface area contributed by atoms with Crippen molar-refractivity contribution in [3.8, 4) is 0 Å². The molecule has 28 heavy (non-hydrogen) atoms. The molecule has 4 rings (SSSR count). The lowest BCUT2D eigenvalue weighted by Crippen LogP contribution is -2.46. The molecular formula is C19H26N8S. The summed E-state index contributed by atoms with van der Waals surface area (Å²) in [5.41, 5.74) is 2.21. The molecule has 0 aliphatic carbocycles. The van der Waals surface area contributed by atoms with Crippen molar-refractivity contribution in [2.75, 3.05) is 69.1 Å². The Balaban J connectivity index is 1.44. The number of hydrogen-bond donors (Lipinski definition) is 0. The highest BCUT2D eigenvalue weighted by Crippen LogP contribution is 2.27. The molecule has 1 aliphatic heterocycles. The van der Waals surface area contributed by atoms with Crippen molar-refractivity contribution in [1.29, 1.82) is 0 Å². The average molecular weight is 399 g/mol. The number of rotatable bonds is 5. The van der Waals surface area contributed by atoms with Crippen LogP contribution in [0.1, 0.15) is 5.82 Å². The lowest BCUT2D eigenvalue weighted by molar-refractivity contribution is 0.245. The molecule has 8 nitrogen and oxygen atoms in total. The number of fused-ring (bicyclic) bond motifs is 1. The molecular weight excluding hydrogens is 372 g/mol. The zero-order valence-corrected chi connectivity index (χ0v) is 17.6. The molecule has 0 radical (unpaired) electrons. The Kier molecular flexibility index (Phi) is 5.27. The lowest BCUT2D eigenvalue weighted by atomic mass is 10.1. The Labute approximate surface area is 169 Å². The van der Waals surface area contributed by atoms with Gasteiger partial charge in [0.1, 0.15) is 12.1 Å². The molecule has 3 aromatic rings. The molecule has 1 fully saturated rings. The number of anilines is 3. The number of benzene rings is 1. The van der Waals surface area contributed by atoms with Crippen LogP contribution in [-0.4, -0.2) is 78.6 Å². The van der Waals surface area contributed by atoms with Gasteiger partial charge in [-0.15, -0.1) is 0 Å². The van der Waals surface area contributed by atoms with Crippen molar-refractivity contribution in [2.24, 2.45) is 0 Å². The average Bonchev–Trinajstić information content (AvgIpc) is 3.16. The van der Waals surface area contributed by atoms with E-state index < -0.39 is 0 Å². The third-order valence-corrected chi connectivity index (χ3v) is 5.89. The van der Waals surface area contributed by atoms with Crippen molar-refractivity contribution < 1.29 is 0 Å². The SMILES string of the molecule is CN(C)c1nc(CN2CCN(c3ccc4ncnc(N(C)C)c4c3)CC2)ns1. The molecule has 0 spiro atoms. The number of piperazine rings is 1. The first kappa shape index (κ1) is 18.8. The topological polar surface area (TPSA) is 64.5 Å². The molecule has 1 aliphatic rings. The Morgan fingerprint density at radius 3 is 2.46 bits per heavy atom. The maximum Gasteiger partial charge on any atom is 0.204 e. The maximum absolute atomic E-state index is 4.60. The minimum atomic E-state index is 0.814. The van der Waals surface area contributed by atoms with Crippen LogP contribution >= 0.6 is 11.5 Å². The summed E-state index contributed by atoms with van der Waals surface area (Å²) in [4.78, 5) is 22.3. The molecule has 0 saturated carbocycles. The predicted octanol–water partition coefficient (Wildman–Crippen LogP) is 1.94. The maximum atomic E-state index is 4.60. The minimum Gasteiger partial charge on any atom is -0.369 e. The van der Waals surface area contributed by atoms with Crippen LogP contribution in [0, 0.1) is 0 Å². The van der Waals surface area contributed by atoms with Crippen molar-refractivity contribution >= 4 is 39.1 Å². The van der Waals surface area contributed by atoms with Gasteiger partial charge in [-0.1, -0.05) is 0 Å². The molecule has 9 heteroatoms. The largest absolute Gasteiger partial charge is 0.369 e. The van der Waals surface area contributed by atoms with Crippen LogP contribution in [0.3, 0.4) is 0 Å². The molecule has 0 amide bonds. The molecule has 2 aromatic heterocycles. The molecule has 1 saturated heterocycles. The summed E-state index contributed by atoms with van der Waals surface area (Å²) in [6.07, 6.45) is 1.63. The second-order valence-electron chi connectivity index (χ2n) is 7.44. The third kappa shape index (κ3) is 3.85. The first-order valence-corrected chi connectivity index (χ1v) is 10.2. The summed E-state index contributed by atoms with van der Waals surface area (Å²) in [5, 5.41) is 2.05. The number of hydrogen-bond acceptors (Lipinski definition) is 9. The summed E-state index contributed by atoms with van der Waals surface area (Å²) >= 11 is 1.46.